The quantitative estimate of drug-likeness (QED) is 0.653. The molecule has 0 amide bonds. The first-order valence-corrected chi connectivity index (χ1v) is 6.04. The zero-order valence-electron chi connectivity index (χ0n) is 11.0. The molecule has 5 nitrogen and oxygen atoms in total. The van der Waals surface area contributed by atoms with Gasteiger partial charge in [0.2, 0.25) is 5.75 Å². The minimum Gasteiger partial charge on any atom is -0.504 e. The molecule has 0 unspecified atom stereocenters. The molecule has 2 aromatic carbocycles. The van der Waals surface area contributed by atoms with Gasteiger partial charge in [-0.2, -0.15) is 0 Å². The molecule has 22 heavy (non-hydrogen) atoms. The average Bonchev–Trinajstić information content (AvgIpc) is 2.43. The Morgan fingerprint density at radius 1 is 0.909 bits per heavy atom. The Bertz CT molecular complexity index is 671. The Hall–Kier alpha value is -2.61. The van der Waals surface area contributed by atoms with E-state index in [1.807, 2.05) is 0 Å². The summed E-state index contributed by atoms with van der Waals surface area (Å²) in [5.41, 5.74) is 6.39. The summed E-state index contributed by atoms with van der Waals surface area (Å²) in [6.45, 7) is 0. The number of aromatic hydroxyl groups is 3. The van der Waals surface area contributed by atoms with Crippen molar-refractivity contribution in [3.8, 4) is 23.0 Å². The van der Waals surface area contributed by atoms with E-state index in [-0.39, 0.29) is 5.56 Å². The van der Waals surface area contributed by atoms with Gasteiger partial charge in [0.05, 0.1) is 6.04 Å². The van der Waals surface area contributed by atoms with Crippen LogP contribution in [-0.2, 0) is 0 Å². The molecule has 1 atom stereocenters. The first-order valence-electron chi connectivity index (χ1n) is 6.04. The van der Waals surface area contributed by atoms with E-state index in [0.29, 0.717) is 5.56 Å². The summed E-state index contributed by atoms with van der Waals surface area (Å²) in [6.07, 6.45) is -4.79. The minimum atomic E-state index is -4.79. The molecule has 0 spiro atoms. The van der Waals surface area contributed by atoms with Crippen LogP contribution in [0.15, 0.2) is 36.4 Å². The van der Waals surface area contributed by atoms with E-state index in [4.69, 9.17) is 5.73 Å². The summed E-state index contributed by atoms with van der Waals surface area (Å²) in [6, 6.07) is 6.30. The lowest BCUT2D eigenvalue weighted by Gasteiger charge is -2.16. The number of alkyl halides is 3. The second-order valence-electron chi connectivity index (χ2n) is 4.47. The van der Waals surface area contributed by atoms with Crippen LogP contribution in [0.3, 0.4) is 0 Å². The van der Waals surface area contributed by atoms with E-state index < -0.39 is 35.4 Å². The van der Waals surface area contributed by atoms with Crippen LogP contribution >= 0.6 is 0 Å². The molecular weight excluding hydrogens is 303 g/mol. The van der Waals surface area contributed by atoms with Crippen LogP contribution in [0, 0.1) is 0 Å². The van der Waals surface area contributed by atoms with Crippen LogP contribution in [0.1, 0.15) is 17.2 Å². The normalized spacial score (nSPS) is 12.9. The van der Waals surface area contributed by atoms with Gasteiger partial charge in [-0.05, 0) is 29.8 Å². The molecule has 0 radical (unpaired) electrons. The van der Waals surface area contributed by atoms with E-state index in [0.717, 1.165) is 18.2 Å². The molecule has 0 aliphatic heterocycles. The van der Waals surface area contributed by atoms with Gasteiger partial charge in [0.1, 0.15) is 5.75 Å². The fourth-order valence-electron chi connectivity index (χ4n) is 1.89. The number of halogens is 3. The third-order valence-corrected chi connectivity index (χ3v) is 2.97. The number of ether oxygens (including phenoxy) is 1. The van der Waals surface area contributed by atoms with E-state index in [9.17, 15) is 28.5 Å². The van der Waals surface area contributed by atoms with E-state index in [1.54, 1.807) is 0 Å². The van der Waals surface area contributed by atoms with Crippen molar-refractivity contribution in [2.75, 3.05) is 0 Å². The number of hydrogen-bond donors (Lipinski definition) is 4. The van der Waals surface area contributed by atoms with Gasteiger partial charge < -0.3 is 25.8 Å². The van der Waals surface area contributed by atoms with Gasteiger partial charge in [0.15, 0.2) is 11.5 Å². The molecule has 5 N–H and O–H groups in total. The lowest BCUT2D eigenvalue weighted by molar-refractivity contribution is -0.274. The van der Waals surface area contributed by atoms with Crippen molar-refractivity contribution in [3.05, 3.63) is 47.5 Å². The maximum absolute atomic E-state index is 12.1. The first-order chi connectivity index (χ1) is 10.2. The fourth-order valence-corrected chi connectivity index (χ4v) is 1.89. The van der Waals surface area contributed by atoms with Crippen LogP contribution < -0.4 is 10.5 Å². The highest BCUT2D eigenvalue weighted by atomic mass is 19.4. The summed E-state index contributed by atoms with van der Waals surface area (Å²) in [5, 5.41) is 28.5. The smallest absolute Gasteiger partial charge is 0.504 e. The molecule has 0 bridgehead atoms. The van der Waals surface area contributed by atoms with Gasteiger partial charge >= 0.3 is 6.36 Å². The lowest BCUT2D eigenvalue weighted by Crippen LogP contribution is -2.17. The van der Waals surface area contributed by atoms with Gasteiger partial charge in [-0.15, -0.1) is 13.2 Å². The highest BCUT2D eigenvalue weighted by Gasteiger charge is 2.31. The lowest BCUT2D eigenvalue weighted by atomic mass is 9.98. The second kappa shape index (κ2) is 5.64. The zero-order valence-corrected chi connectivity index (χ0v) is 11.0. The van der Waals surface area contributed by atoms with Gasteiger partial charge in [-0.25, -0.2) is 0 Å². The Balaban J connectivity index is 2.27. The number of hydrogen-bond acceptors (Lipinski definition) is 5. The Morgan fingerprint density at radius 2 is 1.50 bits per heavy atom. The number of rotatable bonds is 3. The molecule has 0 aliphatic carbocycles. The maximum atomic E-state index is 12.1. The third-order valence-electron chi connectivity index (χ3n) is 2.97. The average molecular weight is 315 g/mol. The molecular formula is C14H12F3NO4. The van der Waals surface area contributed by atoms with Crippen LogP contribution in [0.4, 0.5) is 13.2 Å². The van der Waals surface area contributed by atoms with Gasteiger partial charge in [-0.3, -0.25) is 0 Å². The summed E-state index contributed by atoms with van der Waals surface area (Å²) in [7, 11) is 0. The number of phenolic OH excluding ortho intramolecular Hbond substituents is 3. The summed E-state index contributed by atoms with van der Waals surface area (Å²) < 4.78 is 39.9. The predicted molar refractivity (Wildman–Crippen MR) is 70.6 cm³/mol. The van der Waals surface area contributed by atoms with Gasteiger partial charge in [0.25, 0.3) is 0 Å². The zero-order chi connectivity index (χ0) is 16.5. The van der Waals surface area contributed by atoms with Crippen molar-refractivity contribution in [2.24, 2.45) is 5.73 Å². The van der Waals surface area contributed by atoms with Crippen molar-refractivity contribution >= 4 is 0 Å². The molecule has 8 heteroatoms. The molecule has 0 aromatic heterocycles. The number of benzene rings is 2. The molecule has 0 heterocycles. The minimum absolute atomic E-state index is 0.111. The van der Waals surface area contributed by atoms with Crippen molar-refractivity contribution < 1.29 is 33.2 Å². The van der Waals surface area contributed by atoms with E-state index >= 15 is 0 Å². The summed E-state index contributed by atoms with van der Waals surface area (Å²) in [4.78, 5) is 0. The van der Waals surface area contributed by atoms with Crippen molar-refractivity contribution in [1.82, 2.24) is 0 Å². The number of nitrogens with two attached hydrogens (primary N) is 1. The van der Waals surface area contributed by atoms with Crippen LogP contribution in [0.5, 0.6) is 23.0 Å². The highest BCUT2D eigenvalue weighted by Crippen LogP contribution is 2.40. The highest BCUT2D eigenvalue weighted by molar-refractivity contribution is 5.55. The largest absolute Gasteiger partial charge is 0.573 e. The number of phenols is 3. The Morgan fingerprint density at radius 3 is 2.05 bits per heavy atom. The Kier molecular flexibility index (Phi) is 4.05. The maximum Gasteiger partial charge on any atom is 0.573 e. The van der Waals surface area contributed by atoms with Gasteiger partial charge in [-0.1, -0.05) is 12.1 Å². The van der Waals surface area contributed by atoms with E-state index in [1.165, 1.54) is 18.2 Å². The molecule has 0 saturated carbocycles. The first kappa shape index (κ1) is 15.8. The third kappa shape index (κ3) is 3.34. The second-order valence-corrected chi connectivity index (χ2v) is 4.47. The monoisotopic (exact) mass is 315 g/mol. The fraction of sp³-hybridized carbons (Fsp3) is 0.143. The van der Waals surface area contributed by atoms with Crippen molar-refractivity contribution in [2.45, 2.75) is 12.4 Å². The standard InChI is InChI=1S/C14H12F3NO4/c15-14(16,17)22-8-3-1-7(2-4-8)11(18)9-5-6-10(19)13(21)12(9)20/h1-6,11,19-21H,18H2/t11-/m1/s1. The molecule has 118 valence electrons. The van der Waals surface area contributed by atoms with E-state index in [2.05, 4.69) is 4.74 Å². The van der Waals surface area contributed by atoms with Crippen LogP contribution in [-0.4, -0.2) is 21.7 Å². The van der Waals surface area contributed by atoms with Crippen molar-refractivity contribution in [1.29, 1.82) is 0 Å². The van der Waals surface area contributed by atoms with Crippen molar-refractivity contribution in [3.63, 3.8) is 0 Å². The molecule has 0 saturated heterocycles. The molecule has 0 fully saturated rings. The van der Waals surface area contributed by atoms with Crippen LogP contribution in [0.25, 0.3) is 0 Å². The molecule has 2 aromatic rings. The summed E-state index contributed by atoms with van der Waals surface area (Å²) in [5.74, 6) is -2.23. The SMILES string of the molecule is N[C@H](c1ccc(OC(F)(F)F)cc1)c1ccc(O)c(O)c1O. The van der Waals surface area contributed by atoms with Gasteiger partial charge in [0, 0.05) is 5.56 Å². The van der Waals surface area contributed by atoms with Crippen LogP contribution in [0.2, 0.25) is 0 Å². The molecule has 2 rings (SSSR count). The topological polar surface area (TPSA) is 95.9 Å². The predicted octanol–water partition coefficient (Wildman–Crippen LogP) is 2.75. The Labute approximate surface area is 123 Å². The summed E-state index contributed by atoms with van der Waals surface area (Å²) >= 11 is 0. The molecule has 0 aliphatic rings.